The van der Waals surface area contributed by atoms with E-state index in [1.807, 2.05) is 24.3 Å². The molecule has 33 heavy (non-hydrogen) atoms. The van der Waals surface area contributed by atoms with Crippen LogP contribution in [0.15, 0.2) is 48.5 Å². The van der Waals surface area contributed by atoms with Crippen molar-refractivity contribution in [2.75, 3.05) is 37.3 Å². The number of fused-ring (bicyclic) bond motifs is 3. The molecule has 1 amide bonds. The fourth-order valence-corrected chi connectivity index (χ4v) is 5.55. The summed E-state index contributed by atoms with van der Waals surface area (Å²) in [4.78, 5) is 21.0. The zero-order valence-corrected chi connectivity index (χ0v) is 18.5. The van der Waals surface area contributed by atoms with Gasteiger partial charge >= 0.3 is 0 Å². The van der Waals surface area contributed by atoms with Gasteiger partial charge in [0.25, 0.3) is 5.91 Å². The Balaban J connectivity index is 1.33. The fourth-order valence-electron chi connectivity index (χ4n) is 5.55. The van der Waals surface area contributed by atoms with E-state index in [9.17, 15) is 9.18 Å². The first-order valence-electron chi connectivity index (χ1n) is 11.4. The summed E-state index contributed by atoms with van der Waals surface area (Å²) in [6, 6.07) is 16.6. The second kappa shape index (κ2) is 7.56. The maximum Gasteiger partial charge on any atom is 0.251 e. The number of nitrogens with zero attached hydrogens (tertiary/aromatic N) is 3. The van der Waals surface area contributed by atoms with Gasteiger partial charge in [0.05, 0.1) is 0 Å². The lowest BCUT2D eigenvalue weighted by atomic mass is 9.94. The number of likely N-dealkylation sites (N-methyl/N-ethyl adjacent to an activating group) is 1. The number of nitrogen functional groups attached to an aromatic ring is 1. The zero-order chi connectivity index (χ0) is 22.7. The Morgan fingerprint density at radius 1 is 1.00 bits per heavy atom. The van der Waals surface area contributed by atoms with E-state index in [1.54, 1.807) is 12.1 Å². The molecule has 2 unspecified atom stereocenters. The molecule has 2 bridgehead atoms. The van der Waals surface area contributed by atoms with E-state index in [2.05, 4.69) is 39.3 Å². The first-order valence-corrected chi connectivity index (χ1v) is 11.4. The van der Waals surface area contributed by atoms with Crippen LogP contribution < -0.4 is 16.0 Å². The number of hydrogen-bond donors (Lipinski definition) is 2. The Morgan fingerprint density at radius 2 is 1.79 bits per heavy atom. The lowest BCUT2D eigenvalue weighted by Gasteiger charge is -2.33. The van der Waals surface area contributed by atoms with Crippen LogP contribution in [-0.4, -0.2) is 54.6 Å². The van der Waals surface area contributed by atoms with Crippen LogP contribution >= 0.6 is 0 Å². The molecule has 4 heterocycles. The predicted octanol–water partition coefficient (Wildman–Crippen LogP) is 3.32. The number of anilines is 2. The molecule has 0 aliphatic carbocycles. The molecule has 6 rings (SSSR count). The molecule has 3 N–H and O–H groups in total. The van der Waals surface area contributed by atoms with Gasteiger partial charge in [-0.1, -0.05) is 24.3 Å². The maximum absolute atomic E-state index is 14.9. The first kappa shape index (κ1) is 20.2. The van der Waals surface area contributed by atoms with Crippen molar-refractivity contribution >= 4 is 17.4 Å². The molecule has 2 saturated heterocycles. The van der Waals surface area contributed by atoms with Crippen molar-refractivity contribution in [2.24, 2.45) is 0 Å². The fraction of sp³-hybridized carbons (Fsp3) is 0.308. The molecular weight excluding hydrogens is 417 g/mol. The number of nitrogens with one attached hydrogen (secondary N) is 1. The van der Waals surface area contributed by atoms with Crippen LogP contribution in [0.5, 0.6) is 0 Å². The molecule has 2 aromatic carbocycles. The third kappa shape index (κ3) is 3.35. The monoisotopic (exact) mass is 443 g/mol. The van der Waals surface area contributed by atoms with Crippen LogP contribution in [0.25, 0.3) is 22.3 Å². The third-order valence-electron chi connectivity index (χ3n) is 7.37. The van der Waals surface area contributed by atoms with Crippen molar-refractivity contribution in [3.05, 3.63) is 65.6 Å². The number of nitrogens with two attached hydrogens (primary N) is 1. The van der Waals surface area contributed by atoms with Gasteiger partial charge in [0.1, 0.15) is 5.82 Å². The summed E-state index contributed by atoms with van der Waals surface area (Å²) in [6.45, 7) is 2.74. The number of hydrogen-bond acceptors (Lipinski definition) is 5. The van der Waals surface area contributed by atoms with Gasteiger partial charge in [-0.3, -0.25) is 9.69 Å². The quantitative estimate of drug-likeness (QED) is 0.608. The second-order valence-electron chi connectivity index (χ2n) is 9.32. The molecule has 3 aliphatic heterocycles. The molecule has 6 nitrogen and oxygen atoms in total. The molecule has 0 radical (unpaired) electrons. The van der Waals surface area contributed by atoms with Crippen molar-refractivity contribution in [2.45, 2.75) is 24.9 Å². The van der Waals surface area contributed by atoms with Gasteiger partial charge in [0.15, 0.2) is 0 Å². The van der Waals surface area contributed by atoms with Crippen LogP contribution in [0.2, 0.25) is 0 Å². The highest BCUT2D eigenvalue weighted by Crippen LogP contribution is 2.36. The molecule has 0 spiro atoms. The Hall–Kier alpha value is -3.45. The molecule has 1 aromatic heterocycles. The molecule has 2 atom stereocenters. The normalized spacial score (nSPS) is 21.9. The smallest absolute Gasteiger partial charge is 0.251 e. The van der Waals surface area contributed by atoms with E-state index >= 15 is 0 Å². The average Bonchev–Trinajstić information content (AvgIpc) is 3.39. The van der Waals surface area contributed by atoms with E-state index in [1.165, 1.54) is 12.1 Å². The molecule has 2 fully saturated rings. The van der Waals surface area contributed by atoms with Crippen molar-refractivity contribution in [1.29, 1.82) is 0 Å². The van der Waals surface area contributed by atoms with Crippen LogP contribution in [0.4, 0.5) is 15.9 Å². The van der Waals surface area contributed by atoms with Gasteiger partial charge in [-0.15, -0.1) is 0 Å². The van der Waals surface area contributed by atoms with Crippen molar-refractivity contribution < 1.29 is 9.18 Å². The third-order valence-corrected chi connectivity index (χ3v) is 7.37. The summed E-state index contributed by atoms with van der Waals surface area (Å²) < 4.78 is 14.9. The lowest BCUT2D eigenvalue weighted by Crippen LogP contribution is -2.44. The Kier molecular flexibility index (Phi) is 4.62. The maximum atomic E-state index is 14.9. The molecule has 3 aromatic rings. The summed E-state index contributed by atoms with van der Waals surface area (Å²) in [5.41, 5.74) is 11.6. The number of amides is 1. The summed E-state index contributed by atoms with van der Waals surface area (Å²) in [7, 11) is 2.19. The van der Waals surface area contributed by atoms with Crippen LogP contribution in [0.1, 0.15) is 22.3 Å². The van der Waals surface area contributed by atoms with Gasteiger partial charge in [0.2, 0.25) is 5.95 Å². The minimum atomic E-state index is -0.580. The van der Waals surface area contributed by atoms with E-state index < -0.39 is 5.95 Å². The highest BCUT2D eigenvalue weighted by atomic mass is 19.1. The largest absolute Gasteiger partial charge is 0.383 e. The van der Waals surface area contributed by atoms with E-state index in [4.69, 9.17) is 5.73 Å². The highest BCUT2D eigenvalue weighted by Gasteiger charge is 2.41. The molecule has 168 valence electrons. The zero-order valence-electron chi connectivity index (χ0n) is 18.5. The minimum Gasteiger partial charge on any atom is -0.383 e. The van der Waals surface area contributed by atoms with Gasteiger partial charge in [-0.05, 0) is 60.8 Å². The number of benzene rings is 2. The highest BCUT2D eigenvalue weighted by molar-refractivity contribution is 5.97. The van der Waals surface area contributed by atoms with E-state index in [0.29, 0.717) is 35.3 Å². The lowest BCUT2D eigenvalue weighted by molar-refractivity contribution is 0.0946. The number of carbonyl (C=O) groups excluding carboxylic acids is 1. The average molecular weight is 444 g/mol. The minimum absolute atomic E-state index is 0.0633. The Morgan fingerprint density at radius 3 is 2.52 bits per heavy atom. The van der Waals surface area contributed by atoms with E-state index in [0.717, 1.165) is 36.2 Å². The molecule has 0 saturated carbocycles. The second-order valence-corrected chi connectivity index (χ2v) is 9.32. The molecular formula is C26H26FN5O. The summed E-state index contributed by atoms with van der Waals surface area (Å²) in [6.07, 6.45) is 1.96. The van der Waals surface area contributed by atoms with E-state index in [-0.39, 0.29) is 11.7 Å². The number of carbonyl (C=O) groups is 1. The van der Waals surface area contributed by atoms with Crippen molar-refractivity contribution in [3.8, 4) is 22.3 Å². The Labute approximate surface area is 192 Å². The number of pyridine rings is 1. The van der Waals surface area contributed by atoms with Crippen LogP contribution in [-0.2, 0) is 6.42 Å². The number of likely N-dealkylation sites (tertiary alicyclic amines) is 1. The van der Waals surface area contributed by atoms with Crippen LogP contribution in [0, 0.1) is 5.95 Å². The van der Waals surface area contributed by atoms with Gasteiger partial charge in [0, 0.05) is 54.1 Å². The van der Waals surface area contributed by atoms with Gasteiger partial charge in [-0.2, -0.15) is 4.39 Å². The molecule has 3 aliphatic rings. The number of halogens is 1. The number of aromatic nitrogens is 1. The summed E-state index contributed by atoms with van der Waals surface area (Å²) >= 11 is 0. The summed E-state index contributed by atoms with van der Waals surface area (Å²) in [5, 5.41) is 2.85. The predicted molar refractivity (Wildman–Crippen MR) is 128 cm³/mol. The summed E-state index contributed by atoms with van der Waals surface area (Å²) in [5.74, 6) is -0.500. The van der Waals surface area contributed by atoms with Crippen molar-refractivity contribution in [1.82, 2.24) is 15.2 Å². The number of rotatable bonds is 3. The number of piperazine rings is 1. The van der Waals surface area contributed by atoms with Gasteiger partial charge < -0.3 is 16.0 Å². The standard InChI is InChI=1S/C26H26FN5O/c1-31-13-20-11-19(31)14-32(20)18-5-2-15(3-6-18)22-12-23(25(28)30-24(22)27)16-4-7-21-17(10-16)8-9-29-26(21)33/h2-7,10,12,19-20H,8-9,11,13-14H2,1H3,(H2,28,30)(H,29,33). The van der Waals surface area contributed by atoms with Crippen LogP contribution in [0.3, 0.4) is 0 Å². The topological polar surface area (TPSA) is 74.5 Å². The SMILES string of the molecule is CN1CC2CC1CN2c1ccc(-c2cc(-c3ccc4c(c3)CCNC4=O)c(N)nc2F)cc1. The van der Waals surface area contributed by atoms with Gasteiger partial charge in [-0.25, -0.2) is 4.98 Å². The molecule has 7 heteroatoms. The Bertz CT molecular complexity index is 1260. The van der Waals surface area contributed by atoms with Crippen molar-refractivity contribution in [3.63, 3.8) is 0 Å². The first-order chi connectivity index (χ1) is 16.0.